The molecular formula is C39H46F2N8O3. The molecule has 2 aliphatic heterocycles. The van der Waals surface area contributed by atoms with Crippen molar-refractivity contribution in [1.82, 2.24) is 29.1 Å². The van der Waals surface area contributed by atoms with Crippen LogP contribution in [-0.4, -0.2) is 68.5 Å². The molecule has 0 bridgehead atoms. The van der Waals surface area contributed by atoms with Gasteiger partial charge in [0.25, 0.3) is 0 Å². The summed E-state index contributed by atoms with van der Waals surface area (Å²) in [5.41, 5.74) is 2.25. The fourth-order valence-electron chi connectivity index (χ4n) is 7.47. The molecule has 0 saturated carbocycles. The predicted octanol–water partition coefficient (Wildman–Crippen LogP) is 5.92. The van der Waals surface area contributed by atoms with Crippen molar-refractivity contribution in [2.45, 2.75) is 52.3 Å². The van der Waals surface area contributed by atoms with Crippen molar-refractivity contribution in [2.75, 3.05) is 49.2 Å². The first-order chi connectivity index (χ1) is 25.2. The maximum atomic E-state index is 15.0. The summed E-state index contributed by atoms with van der Waals surface area (Å²) >= 11 is 0. The first kappa shape index (κ1) is 35.4. The topological polar surface area (TPSA) is 95.5 Å². The number of anilines is 2. The first-order valence-electron chi connectivity index (χ1n) is 18.1. The SMILES string of the molecule is CCC(Cn1ncn(-c2ccc(N3CCN(c4ccc(OC[C@@H]5CO[C@@](Cn6cncn6)(c6ccc(F)cc6F)C5)cc4)CC3)cc2)c1=O)C(C)C. The average molecular weight is 713 g/mol. The third kappa shape index (κ3) is 7.59. The van der Waals surface area contributed by atoms with Crippen LogP contribution in [0.4, 0.5) is 20.2 Å². The Morgan fingerprint density at radius 2 is 1.58 bits per heavy atom. The van der Waals surface area contributed by atoms with E-state index in [1.54, 1.807) is 26.6 Å². The fourth-order valence-corrected chi connectivity index (χ4v) is 7.47. The summed E-state index contributed by atoms with van der Waals surface area (Å²) in [7, 11) is 0. The molecule has 13 heteroatoms. The van der Waals surface area contributed by atoms with Crippen molar-refractivity contribution in [3.63, 3.8) is 0 Å². The van der Waals surface area contributed by atoms with Crippen LogP contribution >= 0.6 is 0 Å². The molecule has 2 aromatic heterocycles. The Kier molecular flexibility index (Phi) is 10.4. The van der Waals surface area contributed by atoms with Gasteiger partial charge in [0.15, 0.2) is 0 Å². The van der Waals surface area contributed by atoms with Gasteiger partial charge >= 0.3 is 5.69 Å². The minimum Gasteiger partial charge on any atom is -0.493 e. The van der Waals surface area contributed by atoms with E-state index in [9.17, 15) is 13.6 Å². The minimum atomic E-state index is -1.01. The minimum absolute atomic E-state index is 0.00303. The lowest BCUT2D eigenvalue weighted by Gasteiger charge is -2.37. The molecule has 0 amide bonds. The standard InChI is InChI=1S/C39H46F2N8O3/c1-4-30(28(2)3)21-49-38(50)48(27-44-49)34-8-6-32(7-9-34)45-15-17-46(18-16-45)33-10-12-35(13-11-33)51-22-29-20-39(52-23-29,24-47-26-42-25-43-47)36-14-5-31(40)19-37(36)41/h5-14,19,25-30H,4,15-18,20-24H2,1-3H3/t29-,30?,39+/m1/s1. The molecule has 5 aromatic rings. The third-order valence-electron chi connectivity index (χ3n) is 10.6. The molecule has 274 valence electrons. The number of benzene rings is 3. The summed E-state index contributed by atoms with van der Waals surface area (Å²) < 4.78 is 46.0. The van der Waals surface area contributed by atoms with Crippen LogP contribution in [0.15, 0.2) is 90.5 Å². The Bertz CT molecular complexity index is 1970. The molecule has 0 spiro atoms. The highest BCUT2D eigenvalue weighted by atomic mass is 19.1. The van der Waals surface area contributed by atoms with Crippen LogP contribution in [-0.2, 0) is 23.4 Å². The highest BCUT2D eigenvalue weighted by Crippen LogP contribution is 2.42. The number of aromatic nitrogens is 6. The zero-order chi connectivity index (χ0) is 36.2. The summed E-state index contributed by atoms with van der Waals surface area (Å²) in [5.74, 6) is 0.374. The van der Waals surface area contributed by atoms with Crippen molar-refractivity contribution < 1.29 is 18.3 Å². The van der Waals surface area contributed by atoms with Crippen LogP contribution in [0.25, 0.3) is 5.69 Å². The van der Waals surface area contributed by atoms with E-state index >= 15 is 0 Å². The largest absolute Gasteiger partial charge is 0.493 e. The highest BCUT2D eigenvalue weighted by Gasteiger charge is 2.44. The molecule has 4 heterocycles. The number of ether oxygens (including phenoxy) is 2. The van der Waals surface area contributed by atoms with Crippen LogP contribution in [0.1, 0.15) is 39.2 Å². The van der Waals surface area contributed by atoms with E-state index in [-0.39, 0.29) is 18.2 Å². The van der Waals surface area contributed by atoms with Gasteiger partial charge in [-0.3, -0.25) is 0 Å². The summed E-state index contributed by atoms with van der Waals surface area (Å²) in [6.07, 6.45) is 6.10. The second-order valence-electron chi connectivity index (χ2n) is 14.3. The number of rotatable bonds is 13. The Balaban J connectivity index is 0.913. The number of hydrogen-bond acceptors (Lipinski definition) is 8. The lowest BCUT2D eigenvalue weighted by molar-refractivity contribution is -0.0206. The van der Waals surface area contributed by atoms with Crippen LogP contribution in [0, 0.1) is 29.4 Å². The van der Waals surface area contributed by atoms with Gasteiger partial charge in [-0.15, -0.1) is 0 Å². The molecule has 11 nitrogen and oxygen atoms in total. The van der Waals surface area contributed by atoms with Gasteiger partial charge in [0.1, 0.15) is 42.0 Å². The van der Waals surface area contributed by atoms with Crippen molar-refractivity contribution in [2.24, 2.45) is 17.8 Å². The van der Waals surface area contributed by atoms with Crippen molar-refractivity contribution in [1.29, 1.82) is 0 Å². The van der Waals surface area contributed by atoms with E-state index in [1.807, 2.05) is 24.3 Å². The Morgan fingerprint density at radius 3 is 2.19 bits per heavy atom. The molecule has 2 aliphatic rings. The lowest BCUT2D eigenvalue weighted by Crippen LogP contribution is -2.46. The number of nitrogens with zero attached hydrogens (tertiary/aromatic N) is 8. The van der Waals surface area contributed by atoms with Crippen molar-refractivity contribution >= 4 is 11.4 Å². The number of hydrogen-bond donors (Lipinski definition) is 0. The zero-order valence-electron chi connectivity index (χ0n) is 29.9. The summed E-state index contributed by atoms with van der Waals surface area (Å²) in [6, 6.07) is 19.9. The normalized spacial score (nSPS) is 19.8. The lowest BCUT2D eigenvalue weighted by atomic mass is 9.87. The molecule has 3 atom stereocenters. The predicted molar refractivity (Wildman–Crippen MR) is 195 cm³/mol. The van der Waals surface area contributed by atoms with Gasteiger partial charge in [-0.2, -0.15) is 10.2 Å². The Morgan fingerprint density at radius 1 is 0.904 bits per heavy atom. The van der Waals surface area contributed by atoms with Crippen LogP contribution in [0.2, 0.25) is 0 Å². The molecular weight excluding hydrogens is 666 g/mol. The maximum absolute atomic E-state index is 15.0. The van der Waals surface area contributed by atoms with Crippen LogP contribution < -0.4 is 20.2 Å². The van der Waals surface area contributed by atoms with Crippen molar-refractivity contribution in [3.8, 4) is 11.4 Å². The van der Waals surface area contributed by atoms with Gasteiger partial charge in [-0.25, -0.2) is 32.5 Å². The number of piperazine rings is 1. The number of halogens is 2. The molecule has 2 saturated heterocycles. The van der Waals surface area contributed by atoms with Gasteiger partial charge in [-0.1, -0.05) is 33.3 Å². The molecule has 0 aliphatic carbocycles. The van der Waals surface area contributed by atoms with Gasteiger partial charge in [0, 0.05) is 61.6 Å². The Labute approximate surface area is 302 Å². The van der Waals surface area contributed by atoms with E-state index < -0.39 is 17.2 Å². The zero-order valence-corrected chi connectivity index (χ0v) is 29.9. The highest BCUT2D eigenvalue weighted by molar-refractivity contribution is 5.54. The van der Waals surface area contributed by atoms with E-state index in [2.05, 4.69) is 70.0 Å². The molecule has 2 fully saturated rings. The molecule has 52 heavy (non-hydrogen) atoms. The van der Waals surface area contributed by atoms with Gasteiger partial charge in [0.2, 0.25) is 0 Å². The summed E-state index contributed by atoms with van der Waals surface area (Å²) in [5, 5.41) is 8.58. The van der Waals surface area contributed by atoms with Gasteiger partial charge in [-0.05, 0) is 72.9 Å². The third-order valence-corrected chi connectivity index (χ3v) is 10.6. The molecule has 7 rings (SSSR count). The van der Waals surface area contributed by atoms with Crippen molar-refractivity contribution in [3.05, 3.63) is 113 Å². The van der Waals surface area contributed by atoms with E-state index in [0.29, 0.717) is 43.6 Å². The maximum Gasteiger partial charge on any atom is 0.350 e. The van der Waals surface area contributed by atoms with E-state index in [1.165, 1.54) is 18.5 Å². The quantitative estimate of drug-likeness (QED) is 0.149. The monoisotopic (exact) mass is 712 g/mol. The van der Waals surface area contributed by atoms with Crippen LogP contribution in [0.5, 0.6) is 5.75 Å². The molecule has 0 N–H and O–H groups in total. The summed E-state index contributed by atoms with van der Waals surface area (Å²) in [6.45, 7) is 11.7. The smallest absolute Gasteiger partial charge is 0.350 e. The molecule has 0 radical (unpaired) electrons. The average Bonchev–Trinajstić information content (AvgIpc) is 3.91. The van der Waals surface area contributed by atoms with Gasteiger partial charge in [0.05, 0.1) is 25.4 Å². The summed E-state index contributed by atoms with van der Waals surface area (Å²) in [4.78, 5) is 21.8. The second-order valence-corrected chi connectivity index (χ2v) is 14.3. The first-order valence-corrected chi connectivity index (χ1v) is 18.1. The van der Waals surface area contributed by atoms with Gasteiger partial charge < -0.3 is 19.3 Å². The van der Waals surface area contributed by atoms with E-state index in [4.69, 9.17) is 9.47 Å². The van der Waals surface area contributed by atoms with E-state index in [0.717, 1.165) is 61.5 Å². The fraction of sp³-hybridized carbons (Fsp3) is 0.436. The van der Waals surface area contributed by atoms with Crippen LogP contribution in [0.3, 0.4) is 0 Å². The Hall–Kier alpha value is -5.04. The second kappa shape index (κ2) is 15.3. The molecule has 1 unspecified atom stereocenters. The molecule has 3 aromatic carbocycles.